The Balaban J connectivity index is 2.15. The van der Waals surface area contributed by atoms with Crippen molar-refractivity contribution in [2.75, 3.05) is 0 Å². The topological polar surface area (TPSA) is 125 Å². The van der Waals surface area contributed by atoms with Crippen molar-refractivity contribution >= 4 is 12.0 Å². The normalized spacial score (nSPS) is 15.3. The predicted molar refractivity (Wildman–Crippen MR) is 125 cm³/mol. The van der Waals surface area contributed by atoms with Crippen molar-refractivity contribution in [3.05, 3.63) is 71.8 Å². The molecule has 32 heavy (non-hydrogen) atoms. The average molecular weight is 442 g/mol. The zero-order chi connectivity index (χ0) is 23.7. The maximum atomic E-state index is 13.0. The molecule has 2 rings (SSSR count). The zero-order valence-corrected chi connectivity index (χ0v) is 19.0. The summed E-state index contributed by atoms with van der Waals surface area (Å²) < 4.78 is 0. The molecule has 0 aliphatic heterocycles. The van der Waals surface area contributed by atoms with Crippen LogP contribution >= 0.6 is 0 Å². The Morgan fingerprint density at radius 2 is 1.41 bits per heavy atom. The number of hydrogen-bond donors (Lipinski definition) is 5. The molecule has 6 N–H and O–H groups in total. The number of nitrogens with one attached hydrogen (secondary N) is 2. The summed E-state index contributed by atoms with van der Waals surface area (Å²) in [5, 5.41) is 25.4. The Bertz CT molecular complexity index is 852. The number of amides is 2. The van der Waals surface area contributed by atoms with Gasteiger partial charge in [0.05, 0.1) is 12.1 Å². The molecule has 7 heteroatoms. The predicted octanol–water partition coefficient (Wildman–Crippen LogP) is 2.72. The first-order valence-corrected chi connectivity index (χ1v) is 10.9. The van der Waals surface area contributed by atoms with Crippen molar-refractivity contribution in [1.82, 2.24) is 10.6 Å². The molecule has 0 bridgehead atoms. The van der Waals surface area contributed by atoms with Crippen LogP contribution < -0.4 is 16.4 Å². The average Bonchev–Trinajstić information content (AvgIpc) is 2.72. The number of aliphatic hydroxyl groups is 1. The van der Waals surface area contributed by atoms with Gasteiger partial charge in [-0.15, -0.1) is 0 Å². The first kappa shape index (κ1) is 25.4. The van der Waals surface area contributed by atoms with Crippen molar-refractivity contribution in [3.63, 3.8) is 0 Å². The second-order valence-corrected chi connectivity index (χ2v) is 9.31. The molecule has 174 valence electrons. The van der Waals surface area contributed by atoms with Crippen LogP contribution in [0.2, 0.25) is 0 Å². The minimum absolute atomic E-state index is 0.291. The summed E-state index contributed by atoms with van der Waals surface area (Å²) in [7, 11) is 0. The van der Waals surface area contributed by atoms with Crippen LogP contribution in [0.25, 0.3) is 0 Å². The number of rotatable bonds is 10. The fraction of sp³-hybridized carbons (Fsp3) is 0.440. The molecule has 2 amide bonds. The highest BCUT2D eigenvalue weighted by Gasteiger charge is 2.35. The van der Waals surface area contributed by atoms with Gasteiger partial charge in [-0.2, -0.15) is 0 Å². The fourth-order valence-electron chi connectivity index (χ4n) is 3.69. The first-order chi connectivity index (χ1) is 15.1. The molecule has 0 aliphatic rings. The van der Waals surface area contributed by atoms with Crippen LogP contribution in [0.15, 0.2) is 60.7 Å². The molecule has 0 fully saturated rings. The molecule has 7 nitrogen and oxygen atoms in total. The molecule has 0 unspecified atom stereocenters. The Labute approximate surface area is 190 Å². The molecule has 0 saturated carbocycles. The summed E-state index contributed by atoms with van der Waals surface area (Å²) in [6.45, 7) is 5.35. The van der Waals surface area contributed by atoms with E-state index in [1.165, 1.54) is 0 Å². The molecule has 2 aromatic carbocycles. The van der Waals surface area contributed by atoms with Crippen molar-refractivity contribution in [2.24, 2.45) is 11.1 Å². The summed E-state index contributed by atoms with van der Waals surface area (Å²) in [5.74, 6) is -0.475. The van der Waals surface area contributed by atoms with Crippen LogP contribution in [0.4, 0.5) is 4.79 Å². The number of benzene rings is 2. The number of carbonyl (C=O) groups excluding carboxylic acids is 1. The van der Waals surface area contributed by atoms with Gasteiger partial charge in [0.25, 0.3) is 0 Å². The van der Waals surface area contributed by atoms with Crippen molar-refractivity contribution in [3.8, 4) is 0 Å². The highest BCUT2D eigenvalue weighted by Crippen LogP contribution is 2.20. The molecule has 2 aromatic rings. The Hall–Kier alpha value is -2.90. The van der Waals surface area contributed by atoms with Gasteiger partial charge in [0.2, 0.25) is 5.91 Å². The standard InChI is InChI=1S/C25H35N3O4/c1-25(2,3)22(28-24(31)32)23(30)27-20(15-18-12-8-5-9-13-18)21(29)16-19(26)14-17-10-6-4-7-11-17/h4-13,19-22,28-29H,14-16,26H2,1-3H3,(H,27,30)(H,31,32)/t19-,20-,21-,22+/m0/s1. The van der Waals surface area contributed by atoms with E-state index in [1.807, 2.05) is 60.7 Å². The Morgan fingerprint density at radius 3 is 1.88 bits per heavy atom. The van der Waals surface area contributed by atoms with Gasteiger partial charge in [-0.05, 0) is 35.8 Å². The van der Waals surface area contributed by atoms with Crippen LogP contribution in [0.1, 0.15) is 38.3 Å². The van der Waals surface area contributed by atoms with E-state index in [-0.39, 0.29) is 6.04 Å². The van der Waals surface area contributed by atoms with Gasteiger partial charge in [0.15, 0.2) is 0 Å². The molecule has 0 heterocycles. The quantitative estimate of drug-likeness (QED) is 0.388. The highest BCUT2D eigenvalue weighted by atomic mass is 16.4. The van der Waals surface area contributed by atoms with Crippen LogP contribution in [-0.4, -0.2) is 46.4 Å². The maximum Gasteiger partial charge on any atom is 0.405 e. The van der Waals surface area contributed by atoms with E-state index in [9.17, 15) is 19.8 Å². The molecule has 0 radical (unpaired) electrons. The highest BCUT2D eigenvalue weighted by molar-refractivity contribution is 5.86. The van der Waals surface area contributed by atoms with E-state index >= 15 is 0 Å². The molecule has 0 spiro atoms. The molecule has 0 saturated heterocycles. The van der Waals surface area contributed by atoms with Crippen LogP contribution in [0.3, 0.4) is 0 Å². The third-order valence-electron chi connectivity index (χ3n) is 5.37. The van der Waals surface area contributed by atoms with Gasteiger partial charge in [-0.25, -0.2) is 4.79 Å². The summed E-state index contributed by atoms with van der Waals surface area (Å²) in [5.41, 5.74) is 7.69. The lowest BCUT2D eigenvalue weighted by Gasteiger charge is -2.33. The van der Waals surface area contributed by atoms with Crippen molar-refractivity contribution in [2.45, 2.75) is 64.3 Å². The number of carbonyl (C=O) groups is 2. The number of aliphatic hydroxyl groups excluding tert-OH is 1. The SMILES string of the molecule is CC(C)(C)[C@H](NC(=O)O)C(=O)N[C@@H](Cc1ccccc1)[C@@H](O)C[C@@H](N)Cc1ccccc1. The minimum atomic E-state index is -1.27. The van der Waals surface area contributed by atoms with E-state index in [2.05, 4.69) is 10.6 Å². The lowest BCUT2D eigenvalue weighted by Crippen LogP contribution is -2.57. The number of carboxylic acid groups (broad SMARTS) is 1. The minimum Gasteiger partial charge on any atom is -0.465 e. The van der Waals surface area contributed by atoms with E-state index in [0.29, 0.717) is 19.3 Å². The monoisotopic (exact) mass is 441 g/mol. The van der Waals surface area contributed by atoms with Gasteiger partial charge in [0.1, 0.15) is 6.04 Å². The fourth-order valence-corrected chi connectivity index (χ4v) is 3.69. The molecular weight excluding hydrogens is 406 g/mol. The molecule has 4 atom stereocenters. The summed E-state index contributed by atoms with van der Waals surface area (Å²) in [4.78, 5) is 24.3. The third kappa shape index (κ3) is 8.32. The van der Waals surface area contributed by atoms with Gasteiger partial charge in [-0.1, -0.05) is 81.4 Å². The van der Waals surface area contributed by atoms with Gasteiger partial charge in [-0.3, -0.25) is 4.79 Å². The van der Waals surface area contributed by atoms with E-state index < -0.39 is 35.6 Å². The van der Waals surface area contributed by atoms with E-state index in [1.54, 1.807) is 20.8 Å². The zero-order valence-electron chi connectivity index (χ0n) is 19.0. The van der Waals surface area contributed by atoms with Crippen LogP contribution in [-0.2, 0) is 17.6 Å². The second kappa shape index (κ2) is 11.6. The lowest BCUT2D eigenvalue weighted by atomic mass is 9.85. The Morgan fingerprint density at radius 1 is 0.906 bits per heavy atom. The van der Waals surface area contributed by atoms with Gasteiger partial charge in [0, 0.05) is 6.04 Å². The van der Waals surface area contributed by atoms with E-state index in [4.69, 9.17) is 5.73 Å². The van der Waals surface area contributed by atoms with E-state index in [0.717, 1.165) is 11.1 Å². The summed E-state index contributed by atoms with van der Waals surface area (Å²) in [6.07, 6.45) is -0.877. The largest absolute Gasteiger partial charge is 0.465 e. The van der Waals surface area contributed by atoms with Crippen LogP contribution in [0, 0.1) is 5.41 Å². The second-order valence-electron chi connectivity index (χ2n) is 9.31. The first-order valence-electron chi connectivity index (χ1n) is 10.9. The number of hydrogen-bond acceptors (Lipinski definition) is 4. The van der Waals surface area contributed by atoms with Gasteiger partial charge < -0.3 is 26.6 Å². The Kier molecular flexibility index (Phi) is 9.23. The number of nitrogens with two attached hydrogens (primary N) is 1. The van der Waals surface area contributed by atoms with Crippen LogP contribution in [0.5, 0.6) is 0 Å². The molecular formula is C25H35N3O4. The molecule has 0 aliphatic carbocycles. The van der Waals surface area contributed by atoms with Crippen molar-refractivity contribution in [1.29, 1.82) is 0 Å². The van der Waals surface area contributed by atoms with Crippen molar-refractivity contribution < 1.29 is 19.8 Å². The lowest BCUT2D eigenvalue weighted by molar-refractivity contribution is -0.127. The molecule has 0 aromatic heterocycles. The maximum absolute atomic E-state index is 13.0. The third-order valence-corrected chi connectivity index (χ3v) is 5.37. The van der Waals surface area contributed by atoms with Gasteiger partial charge >= 0.3 is 6.09 Å². The summed E-state index contributed by atoms with van der Waals surface area (Å²) >= 11 is 0. The summed E-state index contributed by atoms with van der Waals surface area (Å²) in [6, 6.07) is 17.5. The smallest absolute Gasteiger partial charge is 0.405 e.